The minimum Gasteiger partial charge on any atom is -0.344 e. The summed E-state index contributed by atoms with van der Waals surface area (Å²) in [5, 5.41) is 3.45. The summed E-state index contributed by atoms with van der Waals surface area (Å²) in [6.07, 6.45) is 0.652. The lowest BCUT2D eigenvalue weighted by Crippen LogP contribution is -2.54. The van der Waals surface area contributed by atoms with Crippen LogP contribution in [0.3, 0.4) is 0 Å². The zero-order valence-corrected chi connectivity index (χ0v) is 11.0. The molecule has 94 valence electrons. The highest BCUT2D eigenvalue weighted by atomic mass is 16.2. The molecule has 0 aromatic rings. The van der Waals surface area contributed by atoms with E-state index in [0.717, 1.165) is 26.2 Å². The largest absolute Gasteiger partial charge is 0.344 e. The van der Waals surface area contributed by atoms with Crippen LogP contribution < -0.4 is 5.32 Å². The Bertz CT molecular complexity index is 230. The van der Waals surface area contributed by atoms with Crippen molar-refractivity contribution < 1.29 is 4.79 Å². The fourth-order valence-electron chi connectivity index (χ4n) is 2.05. The van der Waals surface area contributed by atoms with Gasteiger partial charge in [0.25, 0.3) is 0 Å². The fourth-order valence-corrected chi connectivity index (χ4v) is 2.05. The molecule has 0 aromatic carbocycles. The summed E-state index contributed by atoms with van der Waals surface area (Å²) in [5.74, 6) is 0.696. The van der Waals surface area contributed by atoms with E-state index < -0.39 is 0 Å². The molecule has 1 unspecified atom stereocenters. The van der Waals surface area contributed by atoms with E-state index in [9.17, 15) is 4.79 Å². The molecule has 1 fully saturated rings. The van der Waals surface area contributed by atoms with Crippen molar-refractivity contribution in [2.75, 3.05) is 40.3 Å². The third-order valence-electron chi connectivity index (χ3n) is 2.96. The Morgan fingerprint density at radius 1 is 1.56 bits per heavy atom. The van der Waals surface area contributed by atoms with E-state index in [4.69, 9.17) is 0 Å². The Labute approximate surface area is 99.0 Å². The number of likely N-dealkylation sites (N-methyl/N-ethyl adjacent to an activating group) is 2. The molecule has 0 bridgehead atoms. The van der Waals surface area contributed by atoms with Crippen molar-refractivity contribution >= 4 is 5.91 Å². The first-order valence-corrected chi connectivity index (χ1v) is 6.15. The van der Waals surface area contributed by atoms with E-state index in [2.05, 4.69) is 31.1 Å². The van der Waals surface area contributed by atoms with Crippen LogP contribution in [0.1, 0.15) is 20.3 Å². The molecule has 16 heavy (non-hydrogen) atoms. The fraction of sp³-hybridized carbons (Fsp3) is 0.917. The van der Waals surface area contributed by atoms with Gasteiger partial charge in [-0.05, 0) is 13.0 Å². The van der Waals surface area contributed by atoms with Crippen LogP contribution in [0.2, 0.25) is 0 Å². The first-order valence-electron chi connectivity index (χ1n) is 6.15. The van der Waals surface area contributed by atoms with E-state index in [1.54, 1.807) is 0 Å². The molecule has 1 atom stereocenters. The van der Waals surface area contributed by atoms with Crippen molar-refractivity contribution in [3.05, 3.63) is 0 Å². The van der Waals surface area contributed by atoms with Gasteiger partial charge in [0, 0.05) is 45.7 Å². The first-order chi connectivity index (χ1) is 7.49. The Morgan fingerprint density at radius 3 is 2.81 bits per heavy atom. The third kappa shape index (κ3) is 4.49. The third-order valence-corrected chi connectivity index (χ3v) is 2.96. The van der Waals surface area contributed by atoms with E-state index in [-0.39, 0.29) is 5.91 Å². The Morgan fingerprint density at radius 2 is 2.25 bits per heavy atom. The van der Waals surface area contributed by atoms with Gasteiger partial charge in [0.05, 0.1) is 0 Å². The van der Waals surface area contributed by atoms with Gasteiger partial charge >= 0.3 is 0 Å². The van der Waals surface area contributed by atoms with E-state index in [0.29, 0.717) is 18.4 Å². The highest BCUT2D eigenvalue weighted by Gasteiger charge is 2.20. The minimum absolute atomic E-state index is 0.255. The number of nitrogens with zero attached hydrogens (tertiary/aromatic N) is 2. The van der Waals surface area contributed by atoms with Crippen LogP contribution in [0.5, 0.6) is 0 Å². The van der Waals surface area contributed by atoms with Crippen molar-refractivity contribution in [2.45, 2.75) is 26.3 Å². The van der Waals surface area contributed by atoms with E-state index in [1.807, 2.05) is 11.9 Å². The maximum absolute atomic E-state index is 11.8. The second-order valence-electron chi connectivity index (χ2n) is 5.29. The minimum atomic E-state index is 0.255. The molecule has 1 saturated heterocycles. The Balaban J connectivity index is 2.32. The molecular formula is C12H25N3O. The van der Waals surface area contributed by atoms with Crippen molar-refractivity contribution in [3.8, 4) is 0 Å². The summed E-state index contributed by atoms with van der Waals surface area (Å²) < 4.78 is 0. The van der Waals surface area contributed by atoms with Gasteiger partial charge in [0.1, 0.15) is 0 Å². The summed E-state index contributed by atoms with van der Waals surface area (Å²) in [6, 6.07) is 0.417. The lowest BCUT2D eigenvalue weighted by atomic mass is 10.1. The standard InChI is InChI=1S/C12H25N3O/c1-10(2)7-12(16)15(4)9-11-8-14(3)6-5-13-11/h10-11,13H,5-9H2,1-4H3. The van der Waals surface area contributed by atoms with Crippen LogP contribution in [-0.4, -0.2) is 62.0 Å². The number of hydrogen-bond acceptors (Lipinski definition) is 3. The van der Waals surface area contributed by atoms with Gasteiger partial charge < -0.3 is 15.1 Å². The van der Waals surface area contributed by atoms with Gasteiger partial charge in [-0.1, -0.05) is 13.8 Å². The predicted octanol–water partition coefficient (Wildman–Crippen LogP) is 0.395. The molecule has 0 aromatic heterocycles. The topological polar surface area (TPSA) is 35.6 Å². The SMILES string of the molecule is CC(C)CC(=O)N(C)CC1CN(C)CCN1. The van der Waals surface area contributed by atoms with Crippen molar-refractivity contribution in [1.82, 2.24) is 15.1 Å². The highest BCUT2D eigenvalue weighted by molar-refractivity contribution is 5.76. The molecule has 0 radical (unpaired) electrons. The zero-order chi connectivity index (χ0) is 12.1. The van der Waals surface area contributed by atoms with Crippen molar-refractivity contribution in [3.63, 3.8) is 0 Å². The second-order valence-corrected chi connectivity index (χ2v) is 5.29. The summed E-state index contributed by atoms with van der Waals surface area (Å²) >= 11 is 0. The molecule has 1 aliphatic rings. The quantitative estimate of drug-likeness (QED) is 0.755. The van der Waals surface area contributed by atoms with Gasteiger partial charge in [-0.15, -0.1) is 0 Å². The predicted molar refractivity (Wildman–Crippen MR) is 66.4 cm³/mol. The van der Waals surface area contributed by atoms with Crippen LogP contribution in [-0.2, 0) is 4.79 Å². The van der Waals surface area contributed by atoms with Crippen LogP contribution >= 0.6 is 0 Å². The molecular weight excluding hydrogens is 202 g/mol. The lowest BCUT2D eigenvalue weighted by molar-refractivity contribution is -0.131. The molecule has 1 N–H and O–H groups in total. The summed E-state index contributed by atoms with van der Waals surface area (Å²) in [4.78, 5) is 16.0. The van der Waals surface area contributed by atoms with Gasteiger partial charge in [0.15, 0.2) is 0 Å². The number of carbonyl (C=O) groups is 1. The normalized spacial score (nSPS) is 22.4. The average Bonchev–Trinajstić information content (AvgIpc) is 2.16. The lowest BCUT2D eigenvalue weighted by Gasteiger charge is -2.33. The first kappa shape index (κ1) is 13.5. The van der Waals surface area contributed by atoms with E-state index in [1.165, 1.54) is 0 Å². The summed E-state index contributed by atoms with van der Waals surface area (Å²) in [7, 11) is 4.03. The van der Waals surface area contributed by atoms with Crippen LogP contribution in [0.4, 0.5) is 0 Å². The summed E-state index contributed by atoms with van der Waals surface area (Å²) in [5.41, 5.74) is 0. The number of hydrogen-bond donors (Lipinski definition) is 1. The number of carbonyl (C=O) groups excluding carboxylic acids is 1. The van der Waals surface area contributed by atoms with Crippen LogP contribution in [0.15, 0.2) is 0 Å². The monoisotopic (exact) mass is 227 g/mol. The van der Waals surface area contributed by atoms with Crippen molar-refractivity contribution in [2.24, 2.45) is 5.92 Å². The molecule has 1 heterocycles. The van der Waals surface area contributed by atoms with Gasteiger partial charge in [0.2, 0.25) is 5.91 Å². The second kappa shape index (κ2) is 6.21. The maximum Gasteiger partial charge on any atom is 0.222 e. The van der Waals surface area contributed by atoms with Gasteiger partial charge in [-0.3, -0.25) is 4.79 Å². The number of rotatable bonds is 4. The molecule has 0 aliphatic carbocycles. The molecule has 4 nitrogen and oxygen atoms in total. The Kier molecular flexibility index (Phi) is 5.22. The number of nitrogens with one attached hydrogen (secondary N) is 1. The van der Waals surface area contributed by atoms with E-state index >= 15 is 0 Å². The smallest absolute Gasteiger partial charge is 0.222 e. The number of amides is 1. The molecule has 0 spiro atoms. The molecule has 1 rings (SSSR count). The maximum atomic E-state index is 11.8. The van der Waals surface area contributed by atoms with Gasteiger partial charge in [-0.2, -0.15) is 0 Å². The average molecular weight is 227 g/mol. The van der Waals surface area contributed by atoms with Crippen LogP contribution in [0, 0.1) is 5.92 Å². The summed E-state index contributed by atoms with van der Waals surface area (Å²) in [6.45, 7) is 8.12. The zero-order valence-electron chi connectivity index (χ0n) is 11.0. The van der Waals surface area contributed by atoms with Gasteiger partial charge in [-0.25, -0.2) is 0 Å². The molecule has 1 amide bonds. The molecule has 4 heteroatoms. The molecule has 1 aliphatic heterocycles. The Hall–Kier alpha value is -0.610. The number of piperazine rings is 1. The molecule has 0 saturated carbocycles. The van der Waals surface area contributed by atoms with Crippen LogP contribution in [0.25, 0.3) is 0 Å². The van der Waals surface area contributed by atoms with Crippen molar-refractivity contribution in [1.29, 1.82) is 0 Å². The highest BCUT2D eigenvalue weighted by Crippen LogP contribution is 2.04.